The van der Waals surface area contributed by atoms with E-state index in [1.165, 1.54) is 0 Å². The fourth-order valence-corrected chi connectivity index (χ4v) is 2.51. The summed E-state index contributed by atoms with van der Waals surface area (Å²) in [6.45, 7) is 2.00. The molecular weight excluding hydrogens is 248 g/mol. The van der Waals surface area contributed by atoms with E-state index in [1.807, 2.05) is 23.8 Å². The van der Waals surface area contributed by atoms with E-state index < -0.39 is 0 Å². The summed E-state index contributed by atoms with van der Waals surface area (Å²) in [4.78, 5) is 4.31. The van der Waals surface area contributed by atoms with Gasteiger partial charge in [-0.3, -0.25) is 0 Å². The maximum atomic E-state index is 9.73. The van der Waals surface area contributed by atoms with Crippen LogP contribution in [-0.4, -0.2) is 15.2 Å². The molecule has 2 aromatic heterocycles. The molecular formula is C13H10N2O2S. The van der Waals surface area contributed by atoms with Crippen molar-refractivity contribution in [1.82, 2.24) is 10.1 Å². The second kappa shape index (κ2) is 4.27. The van der Waals surface area contributed by atoms with Crippen molar-refractivity contribution in [2.75, 3.05) is 0 Å². The van der Waals surface area contributed by atoms with E-state index in [9.17, 15) is 5.11 Å². The molecule has 0 unspecified atom stereocenters. The van der Waals surface area contributed by atoms with Crippen molar-refractivity contribution in [2.24, 2.45) is 0 Å². The van der Waals surface area contributed by atoms with Crippen LogP contribution in [0.15, 0.2) is 39.5 Å². The molecule has 0 aliphatic carbocycles. The van der Waals surface area contributed by atoms with E-state index in [0.717, 1.165) is 11.1 Å². The van der Waals surface area contributed by atoms with Crippen LogP contribution in [0.1, 0.15) is 5.56 Å². The van der Waals surface area contributed by atoms with Crippen LogP contribution in [0.3, 0.4) is 0 Å². The van der Waals surface area contributed by atoms with Crippen LogP contribution in [0.4, 0.5) is 0 Å². The Morgan fingerprint density at radius 1 is 1.17 bits per heavy atom. The molecule has 0 aliphatic rings. The summed E-state index contributed by atoms with van der Waals surface area (Å²) in [6.07, 6.45) is 0. The highest BCUT2D eigenvalue weighted by atomic mass is 32.1. The van der Waals surface area contributed by atoms with Crippen LogP contribution < -0.4 is 0 Å². The van der Waals surface area contributed by atoms with Gasteiger partial charge in [0.15, 0.2) is 0 Å². The first kappa shape index (κ1) is 11.0. The van der Waals surface area contributed by atoms with Crippen molar-refractivity contribution in [3.63, 3.8) is 0 Å². The van der Waals surface area contributed by atoms with Gasteiger partial charge in [-0.1, -0.05) is 17.3 Å². The summed E-state index contributed by atoms with van der Waals surface area (Å²) in [5, 5.41) is 17.7. The summed E-state index contributed by atoms with van der Waals surface area (Å²) in [5.74, 6) is 1.01. The SMILES string of the molecule is Cc1cscc1-c1noc(-c2ccccc2O)n1. The Balaban J connectivity index is 2.05. The van der Waals surface area contributed by atoms with Gasteiger partial charge in [0.1, 0.15) is 5.75 Å². The lowest BCUT2D eigenvalue weighted by Gasteiger charge is -1.96. The first-order valence-electron chi connectivity index (χ1n) is 5.41. The van der Waals surface area contributed by atoms with Crippen LogP contribution in [0.5, 0.6) is 5.75 Å². The first-order chi connectivity index (χ1) is 8.75. The van der Waals surface area contributed by atoms with E-state index in [-0.39, 0.29) is 5.75 Å². The lowest BCUT2D eigenvalue weighted by molar-refractivity contribution is 0.425. The number of phenolic OH excluding ortho intramolecular Hbond substituents is 1. The van der Waals surface area contributed by atoms with Gasteiger partial charge in [-0.05, 0) is 30.0 Å². The van der Waals surface area contributed by atoms with Crippen molar-refractivity contribution in [3.05, 3.63) is 40.6 Å². The van der Waals surface area contributed by atoms with Gasteiger partial charge in [-0.2, -0.15) is 16.3 Å². The van der Waals surface area contributed by atoms with Crippen LogP contribution in [-0.2, 0) is 0 Å². The molecule has 0 fully saturated rings. The highest BCUT2D eigenvalue weighted by Gasteiger charge is 2.14. The molecule has 5 heteroatoms. The number of aromatic hydroxyl groups is 1. The van der Waals surface area contributed by atoms with E-state index in [4.69, 9.17) is 4.52 Å². The first-order valence-corrected chi connectivity index (χ1v) is 6.35. The zero-order valence-corrected chi connectivity index (χ0v) is 10.4. The smallest absolute Gasteiger partial charge is 0.261 e. The van der Waals surface area contributed by atoms with Crippen LogP contribution in [0, 0.1) is 6.92 Å². The van der Waals surface area contributed by atoms with Gasteiger partial charge < -0.3 is 9.63 Å². The number of benzene rings is 1. The maximum absolute atomic E-state index is 9.73. The zero-order chi connectivity index (χ0) is 12.5. The molecule has 0 saturated heterocycles. The van der Waals surface area contributed by atoms with Gasteiger partial charge in [0.2, 0.25) is 5.82 Å². The van der Waals surface area contributed by atoms with Crippen LogP contribution in [0.25, 0.3) is 22.8 Å². The standard InChI is InChI=1S/C13H10N2O2S/c1-8-6-18-7-10(8)12-14-13(17-15-12)9-4-2-3-5-11(9)16/h2-7,16H,1H3. The fraction of sp³-hybridized carbons (Fsp3) is 0.0769. The van der Waals surface area contributed by atoms with Crippen molar-refractivity contribution < 1.29 is 9.63 Å². The zero-order valence-electron chi connectivity index (χ0n) is 9.62. The molecule has 18 heavy (non-hydrogen) atoms. The van der Waals surface area contributed by atoms with Crippen LogP contribution in [0.2, 0.25) is 0 Å². The van der Waals surface area contributed by atoms with Gasteiger partial charge in [0.05, 0.1) is 5.56 Å². The third kappa shape index (κ3) is 1.78. The highest BCUT2D eigenvalue weighted by Crippen LogP contribution is 2.30. The van der Waals surface area contributed by atoms with Gasteiger partial charge >= 0.3 is 0 Å². The van der Waals surface area contributed by atoms with Crippen molar-refractivity contribution in [3.8, 4) is 28.6 Å². The Labute approximate surface area is 108 Å². The largest absolute Gasteiger partial charge is 0.507 e. The lowest BCUT2D eigenvalue weighted by atomic mass is 10.2. The van der Waals surface area contributed by atoms with Gasteiger partial charge in [0, 0.05) is 10.9 Å². The third-order valence-corrected chi connectivity index (χ3v) is 3.52. The van der Waals surface area contributed by atoms with Crippen molar-refractivity contribution >= 4 is 11.3 Å². The number of thiophene rings is 1. The second-order valence-corrected chi connectivity index (χ2v) is 4.65. The summed E-state index contributed by atoms with van der Waals surface area (Å²) >= 11 is 1.60. The number of aromatic nitrogens is 2. The third-order valence-electron chi connectivity index (χ3n) is 2.66. The molecule has 2 heterocycles. The molecule has 0 bridgehead atoms. The van der Waals surface area contributed by atoms with E-state index in [0.29, 0.717) is 17.3 Å². The number of rotatable bonds is 2. The maximum Gasteiger partial charge on any atom is 0.261 e. The predicted molar refractivity (Wildman–Crippen MR) is 69.4 cm³/mol. The van der Waals surface area contributed by atoms with Gasteiger partial charge in [-0.25, -0.2) is 0 Å². The Kier molecular flexibility index (Phi) is 2.60. The molecule has 0 spiro atoms. The molecule has 4 nitrogen and oxygen atoms in total. The Morgan fingerprint density at radius 3 is 2.72 bits per heavy atom. The minimum absolute atomic E-state index is 0.134. The Morgan fingerprint density at radius 2 is 2.00 bits per heavy atom. The fourth-order valence-electron chi connectivity index (χ4n) is 1.69. The molecule has 3 aromatic rings. The highest BCUT2D eigenvalue weighted by molar-refractivity contribution is 7.08. The molecule has 0 saturated carbocycles. The number of hydrogen-bond donors (Lipinski definition) is 1. The second-order valence-electron chi connectivity index (χ2n) is 3.91. The lowest BCUT2D eigenvalue weighted by Crippen LogP contribution is -1.81. The van der Waals surface area contributed by atoms with Gasteiger partial charge in [0.25, 0.3) is 5.89 Å². The molecule has 1 aromatic carbocycles. The minimum atomic E-state index is 0.134. The summed E-state index contributed by atoms with van der Waals surface area (Å²) in [7, 11) is 0. The minimum Gasteiger partial charge on any atom is -0.507 e. The molecule has 3 rings (SSSR count). The topological polar surface area (TPSA) is 59.2 Å². The molecule has 1 N–H and O–H groups in total. The summed E-state index contributed by atoms with van der Waals surface area (Å²) in [5.41, 5.74) is 2.62. The molecule has 0 amide bonds. The van der Waals surface area contributed by atoms with E-state index >= 15 is 0 Å². The molecule has 90 valence electrons. The van der Waals surface area contributed by atoms with E-state index in [2.05, 4.69) is 10.1 Å². The predicted octanol–water partition coefficient (Wildman–Crippen LogP) is 3.48. The molecule has 0 atom stereocenters. The molecule has 0 radical (unpaired) electrons. The summed E-state index contributed by atoms with van der Waals surface area (Å²) < 4.78 is 5.19. The monoisotopic (exact) mass is 258 g/mol. The Bertz CT molecular complexity index is 688. The summed E-state index contributed by atoms with van der Waals surface area (Å²) in [6, 6.07) is 6.90. The van der Waals surface area contributed by atoms with E-state index in [1.54, 1.807) is 29.5 Å². The Hall–Kier alpha value is -2.14. The quantitative estimate of drug-likeness (QED) is 0.764. The number of aryl methyl sites for hydroxylation is 1. The van der Waals surface area contributed by atoms with Gasteiger partial charge in [-0.15, -0.1) is 0 Å². The van der Waals surface area contributed by atoms with Crippen molar-refractivity contribution in [2.45, 2.75) is 6.92 Å². The average Bonchev–Trinajstić information content (AvgIpc) is 2.98. The number of hydrogen-bond acceptors (Lipinski definition) is 5. The van der Waals surface area contributed by atoms with Crippen molar-refractivity contribution in [1.29, 1.82) is 0 Å². The average molecular weight is 258 g/mol. The van der Waals surface area contributed by atoms with Crippen LogP contribution >= 0.6 is 11.3 Å². The molecule has 0 aliphatic heterocycles. The number of nitrogens with zero attached hydrogens (tertiary/aromatic N) is 2. The number of phenols is 1. The number of para-hydroxylation sites is 1. The normalized spacial score (nSPS) is 10.7.